The number of carbonyl (C=O) groups excluding carboxylic acids is 1. The fourth-order valence-electron chi connectivity index (χ4n) is 3.08. The molecule has 134 valence electrons. The third-order valence-electron chi connectivity index (χ3n) is 4.48. The summed E-state index contributed by atoms with van der Waals surface area (Å²) < 4.78 is 5.54. The monoisotopic (exact) mass is 343 g/mol. The predicted molar refractivity (Wildman–Crippen MR) is 93.6 cm³/mol. The van der Waals surface area contributed by atoms with Crippen LogP contribution in [0.25, 0.3) is 0 Å². The van der Waals surface area contributed by atoms with Crippen LogP contribution in [0.2, 0.25) is 0 Å². The van der Waals surface area contributed by atoms with Gasteiger partial charge in [-0.2, -0.15) is 0 Å². The molecule has 1 aliphatic heterocycles. The number of nitrogens with zero attached hydrogens (tertiary/aromatic N) is 4. The van der Waals surface area contributed by atoms with Crippen LogP contribution < -0.4 is 5.32 Å². The highest BCUT2D eigenvalue weighted by atomic mass is 16.4. The number of rotatable bonds is 7. The Morgan fingerprint density at radius 1 is 1.44 bits per heavy atom. The molecule has 0 aromatic carbocycles. The SMILES string of the molecule is Cc1cnc(CN(C)[C@H]2CCN(CC(=O)NCc3ccccn3)C2)o1. The number of likely N-dealkylation sites (tertiary alicyclic amines) is 1. The van der Waals surface area contributed by atoms with Gasteiger partial charge < -0.3 is 9.73 Å². The van der Waals surface area contributed by atoms with E-state index in [1.54, 1.807) is 12.4 Å². The van der Waals surface area contributed by atoms with Gasteiger partial charge in [-0.25, -0.2) is 4.98 Å². The molecule has 0 aliphatic carbocycles. The Labute approximate surface area is 148 Å². The summed E-state index contributed by atoms with van der Waals surface area (Å²) in [6.07, 6.45) is 4.53. The minimum absolute atomic E-state index is 0.0392. The number of likely N-dealkylation sites (N-methyl/N-ethyl adjacent to an activating group) is 1. The van der Waals surface area contributed by atoms with Gasteiger partial charge in [0, 0.05) is 25.3 Å². The van der Waals surface area contributed by atoms with Crippen LogP contribution in [0, 0.1) is 6.92 Å². The van der Waals surface area contributed by atoms with Crippen LogP contribution in [-0.2, 0) is 17.9 Å². The van der Waals surface area contributed by atoms with Gasteiger partial charge in [0.05, 0.1) is 31.5 Å². The van der Waals surface area contributed by atoms with Gasteiger partial charge in [-0.1, -0.05) is 6.07 Å². The van der Waals surface area contributed by atoms with Crippen LogP contribution in [0.5, 0.6) is 0 Å². The topological polar surface area (TPSA) is 74.5 Å². The molecule has 0 bridgehead atoms. The molecule has 1 fully saturated rings. The van der Waals surface area contributed by atoms with E-state index in [-0.39, 0.29) is 5.91 Å². The molecule has 0 saturated carbocycles. The summed E-state index contributed by atoms with van der Waals surface area (Å²) >= 11 is 0. The average Bonchev–Trinajstić information content (AvgIpc) is 3.23. The van der Waals surface area contributed by atoms with Crippen LogP contribution in [-0.4, -0.2) is 58.4 Å². The summed E-state index contributed by atoms with van der Waals surface area (Å²) in [7, 11) is 2.08. The first-order chi connectivity index (χ1) is 12.1. The molecule has 1 atom stereocenters. The smallest absolute Gasteiger partial charge is 0.234 e. The molecule has 2 aromatic rings. The number of pyridine rings is 1. The molecular weight excluding hydrogens is 318 g/mol. The zero-order chi connectivity index (χ0) is 17.6. The second-order valence-corrected chi connectivity index (χ2v) is 6.56. The van der Waals surface area contributed by atoms with E-state index >= 15 is 0 Å². The number of nitrogens with one attached hydrogen (secondary N) is 1. The van der Waals surface area contributed by atoms with Crippen LogP contribution >= 0.6 is 0 Å². The second kappa shape index (κ2) is 8.22. The highest BCUT2D eigenvalue weighted by molar-refractivity contribution is 5.78. The molecule has 3 rings (SSSR count). The molecule has 1 amide bonds. The van der Waals surface area contributed by atoms with E-state index in [1.165, 1.54) is 0 Å². The lowest BCUT2D eigenvalue weighted by Gasteiger charge is -2.23. The van der Waals surface area contributed by atoms with Crippen molar-refractivity contribution in [1.82, 2.24) is 25.1 Å². The van der Waals surface area contributed by atoms with Crippen molar-refractivity contribution in [3.05, 3.63) is 47.9 Å². The Morgan fingerprint density at radius 2 is 2.32 bits per heavy atom. The summed E-state index contributed by atoms with van der Waals surface area (Å²) in [5.74, 6) is 1.62. The number of hydrogen-bond acceptors (Lipinski definition) is 6. The van der Waals surface area contributed by atoms with Crippen molar-refractivity contribution < 1.29 is 9.21 Å². The first-order valence-electron chi connectivity index (χ1n) is 8.60. The van der Waals surface area contributed by atoms with Gasteiger partial charge in [0.2, 0.25) is 11.8 Å². The first-order valence-corrected chi connectivity index (χ1v) is 8.60. The van der Waals surface area contributed by atoms with E-state index in [2.05, 4.69) is 32.1 Å². The molecule has 0 unspecified atom stereocenters. The molecule has 7 nitrogen and oxygen atoms in total. The van der Waals surface area contributed by atoms with E-state index in [1.807, 2.05) is 25.1 Å². The van der Waals surface area contributed by atoms with Gasteiger partial charge in [0.15, 0.2) is 0 Å². The number of carbonyl (C=O) groups is 1. The fraction of sp³-hybridized carbons (Fsp3) is 0.500. The minimum Gasteiger partial charge on any atom is -0.445 e. The van der Waals surface area contributed by atoms with Crippen molar-refractivity contribution in [2.24, 2.45) is 0 Å². The van der Waals surface area contributed by atoms with Gasteiger partial charge in [-0.15, -0.1) is 0 Å². The Bertz CT molecular complexity index is 688. The highest BCUT2D eigenvalue weighted by Crippen LogP contribution is 2.16. The zero-order valence-corrected chi connectivity index (χ0v) is 14.8. The first kappa shape index (κ1) is 17.6. The standard InChI is InChI=1S/C18H25N5O2/c1-14-9-21-18(25-14)13-22(2)16-6-8-23(11-16)12-17(24)20-10-15-5-3-4-7-19-15/h3-5,7,9,16H,6,8,10-13H2,1-2H3,(H,20,24)/t16-/m0/s1. The number of aryl methyl sites for hydroxylation is 1. The molecular formula is C18H25N5O2. The summed E-state index contributed by atoms with van der Waals surface area (Å²) in [4.78, 5) is 25.0. The van der Waals surface area contributed by atoms with Crippen LogP contribution in [0.1, 0.15) is 23.8 Å². The summed E-state index contributed by atoms with van der Waals surface area (Å²) in [6, 6.07) is 6.11. The normalized spacial score (nSPS) is 18.0. The summed E-state index contributed by atoms with van der Waals surface area (Å²) in [6.45, 7) is 5.30. The van der Waals surface area contributed by atoms with Gasteiger partial charge >= 0.3 is 0 Å². The molecule has 1 aliphatic rings. The fourth-order valence-corrected chi connectivity index (χ4v) is 3.08. The lowest BCUT2D eigenvalue weighted by atomic mass is 10.2. The van der Waals surface area contributed by atoms with Crippen LogP contribution in [0.3, 0.4) is 0 Å². The zero-order valence-electron chi connectivity index (χ0n) is 14.8. The summed E-state index contributed by atoms with van der Waals surface area (Å²) in [5, 5.41) is 2.93. The molecule has 0 spiro atoms. The Morgan fingerprint density at radius 3 is 3.04 bits per heavy atom. The Balaban J connectivity index is 1.40. The van der Waals surface area contributed by atoms with E-state index in [0.717, 1.165) is 36.9 Å². The van der Waals surface area contributed by atoms with E-state index in [9.17, 15) is 4.79 Å². The summed E-state index contributed by atoms with van der Waals surface area (Å²) in [5.41, 5.74) is 0.871. The number of aromatic nitrogens is 2. The van der Waals surface area contributed by atoms with E-state index in [0.29, 0.717) is 25.7 Å². The molecule has 2 aromatic heterocycles. The Hall–Kier alpha value is -2.25. The van der Waals surface area contributed by atoms with Crippen molar-refractivity contribution in [3.8, 4) is 0 Å². The number of amides is 1. The van der Waals surface area contributed by atoms with Gasteiger partial charge in [0.25, 0.3) is 0 Å². The second-order valence-electron chi connectivity index (χ2n) is 6.56. The van der Waals surface area contributed by atoms with Crippen LogP contribution in [0.15, 0.2) is 35.0 Å². The lowest BCUT2D eigenvalue weighted by Crippen LogP contribution is -2.38. The molecule has 1 saturated heterocycles. The van der Waals surface area contributed by atoms with Gasteiger partial charge in [-0.3, -0.25) is 19.6 Å². The third kappa shape index (κ3) is 5.11. The third-order valence-corrected chi connectivity index (χ3v) is 4.48. The van der Waals surface area contributed by atoms with Gasteiger partial charge in [0.1, 0.15) is 5.76 Å². The van der Waals surface area contributed by atoms with E-state index in [4.69, 9.17) is 4.42 Å². The molecule has 7 heteroatoms. The minimum atomic E-state index is 0.0392. The van der Waals surface area contributed by atoms with Crippen LogP contribution in [0.4, 0.5) is 0 Å². The largest absolute Gasteiger partial charge is 0.445 e. The quantitative estimate of drug-likeness (QED) is 0.814. The average molecular weight is 343 g/mol. The maximum atomic E-state index is 12.1. The predicted octanol–water partition coefficient (Wildman–Crippen LogP) is 1.20. The maximum absolute atomic E-state index is 12.1. The number of hydrogen-bond donors (Lipinski definition) is 1. The highest BCUT2D eigenvalue weighted by Gasteiger charge is 2.27. The molecule has 3 heterocycles. The molecule has 25 heavy (non-hydrogen) atoms. The van der Waals surface area contributed by atoms with Crippen molar-refractivity contribution in [2.75, 3.05) is 26.7 Å². The van der Waals surface area contributed by atoms with Crippen molar-refractivity contribution in [3.63, 3.8) is 0 Å². The lowest BCUT2D eigenvalue weighted by molar-refractivity contribution is -0.122. The number of oxazole rings is 1. The maximum Gasteiger partial charge on any atom is 0.234 e. The van der Waals surface area contributed by atoms with Crippen molar-refractivity contribution in [2.45, 2.75) is 32.5 Å². The van der Waals surface area contributed by atoms with Crippen molar-refractivity contribution in [1.29, 1.82) is 0 Å². The van der Waals surface area contributed by atoms with Crippen molar-refractivity contribution >= 4 is 5.91 Å². The molecule has 1 N–H and O–H groups in total. The van der Waals surface area contributed by atoms with E-state index < -0.39 is 0 Å². The Kier molecular flexibility index (Phi) is 5.78. The van der Waals surface area contributed by atoms with Gasteiger partial charge in [-0.05, 0) is 32.5 Å². The molecule has 0 radical (unpaired) electrons.